The molecule has 1 aromatic carbocycles. The quantitative estimate of drug-likeness (QED) is 0.715. The first kappa shape index (κ1) is 19.2. The number of ether oxygens (including phenoxy) is 2. The third-order valence-corrected chi connectivity index (χ3v) is 4.66. The molecule has 0 saturated carbocycles. The predicted molar refractivity (Wildman–Crippen MR) is 93.4 cm³/mol. The fraction of sp³-hybridized carbons (Fsp3) is 0.579. The summed E-state index contributed by atoms with van der Waals surface area (Å²) in [5.74, 6) is -0.931. The lowest BCUT2D eigenvalue weighted by molar-refractivity contribution is -0.145. The molecule has 1 aromatic rings. The molecule has 1 heterocycles. The van der Waals surface area contributed by atoms with Crippen LogP contribution < -0.4 is 10.1 Å². The number of benzene rings is 1. The van der Waals surface area contributed by atoms with Crippen LogP contribution in [0.3, 0.4) is 0 Å². The average Bonchev–Trinajstić information content (AvgIpc) is 2.63. The normalized spacial score (nSPS) is 17.5. The predicted octanol–water partition coefficient (Wildman–Crippen LogP) is 2.34. The molecule has 2 atom stereocenters. The highest BCUT2D eigenvalue weighted by atomic mass is 16.5. The van der Waals surface area contributed by atoms with E-state index in [2.05, 4.69) is 5.32 Å². The number of hydrogen-bond acceptors (Lipinski definition) is 4. The van der Waals surface area contributed by atoms with Crippen LogP contribution >= 0.6 is 0 Å². The molecule has 2 N–H and O–H groups in total. The standard InChI is InChI=1S/C19H27NO5/c1-14(7-12-25-16-5-3-2-4-6-16)18(21)20-13-17(19(22)23)15-8-10-24-11-9-15/h2-6,14-15,17H,7-13H2,1H3,(H,20,21)(H,22,23). The van der Waals surface area contributed by atoms with Gasteiger partial charge in [-0.05, 0) is 37.3 Å². The van der Waals surface area contributed by atoms with Gasteiger partial charge in [-0.25, -0.2) is 0 Å². The van der Waals surface area contributed by atoms with Gasteiger partial charge < -0.3 is 19.9 Å². The molecule has 6 nitrogen and oxygen atoms in total. The lowest BCUT2D eigenvalue weighted by Gasteiger charge is -2.28. The minimum Gasteiger partial charge on any atom is -0.494 e. The van der Waals surface area contributed by atoms with Crippen molar-refractivity contribution in [1.82, 2.24) is 5.32 Å². The molecule has 25 heavy (non-hydrogen) atoms. The van der Waals surface area contributed by atoms with E-state index < -0.39 is 11.9 Å². The van der Waals surface area contributed by atoms with Crippen LogP contribution in [0.15, 0.2) is 30.3 Å². The van der Waals surface area contributed by atoms with Crippen LogP contribution in [-0.2, 0) is 14.3 Å². The van der Waals surface area contributed by atoms with Gasteiger partial charge in [-0.15, -0.1) is 0 Å². The number of carbonyl (C=O) groups excluding carboxylic acids is 1. The molecule has 1 amide bonds. The zero-order valence-electron chi connectivity index (χ0n) is 14.6. The number of carbonyl (C=O) groups is 2. The molecule has 1 saturated heterocycles. The SMILES string of the molecule is CC(CCOc1ccccc1)C(=O)NCC(C(=O)O)C1CCOCC1. The van der Waals surface area contributed by atoms with Crippen LogP contribution in [0, 0.1) is 17.8 Å². The van der Waals surface area contributed by atoms with Crippen LogP contribution in [0.25, 0.3) is 0 Å². The zero-order chi connectivity index (χ0) is 18.1. The van der Waals surface area contributed by atoms with E-state index >= 15 is 0 Å². The highest BCUT2D eigenvalue weighted by Crippen LogP contribution is 2.24. The Morgan fingerprint density at radius 2 is 1.96 bits per heavy atom. The van der Waals surface area contributed by atoms with Crippen molar-refractivity contribution in [2.45, 2.75) is 26.2 Å². The van der Waals surface area contributed by atoms with Crippen LogP contribution in [0.5, 0.6) is 5.75 Å². The van der Waals surface area contributed by atoms with E-state index in [4.69, 9.17) is 9.47 Å². The van der Waals surface area contributed by atoms with Gasteiger partial charge in [0.1, 0.15) is 5.75 Å². The van der Waals surface area contributed by atoms with E-state index in [0.717, 1.165) is 18.6 Å². The molecule has 1 aliphatic heterocycles. The topological polar surface area (TPSA) is 84.9 Å². The van der Waals surface area contributed by atoms with Gasteiger partial charge in [-0.3, -0.25) is 9.59 Å². The molecule has 0 aliphatic carbocycles. The smallest absolute Gasteiger partial charge is 0.308 e. The minimum absolute atomic E-state index is 0.0586. The molecular weight excluding hydrogens is 322 g/mol. The Balaban J connectivity index is 1.72. The van der Waals surface area contributed by atoms with E-state index in [9.17, 15) is 14.7 Å². The van der Waals surface area contributed by atoms with E-state index in [-0.39, 0.29) is 24.3 Å². The van der Waals surface area contributed by atoms with Gasteiger partial charge in [0.2, 0.25) is 5.91 Å². The van der Waals surface area contributed by atoms with E-state index in [1.54, 1.807) is 0 Å². The third-order valence-electron chi connectivity index (χ3n) is 4.66. The summed E-state index contributed by atoms with van der Waals surface area (Å²) in [6.07, 6.45) is 2.04. The monoisotopic (exact) mass is 349 g/mol. The molecule has 1 fully saturated rings. The second kappa shape index (κ2) is 10.0. The number of carboxylic acids is 1. The van der Waals surface area contributed by atoms with Crippen molar-refractivity contribution in [1.29, 1.82) is 0 Å². The highest BCUT2D eigenvalue weighted by Gasteiger charge is 2.30. The molecule has 0 radical (unpaired) electrons. The van der Waals surface area contributed by atoms with Crippen molar-refractivity contribution in [3.05, 3.63) is 30.3 Å². The molecule has 0 bridgehead atoms. The summed E-state index contributed by atoms with van der Waals surface area (Å²) in [5, 5.41) is 12.2. The van der Waals surface area contributed by atoms with E-state index in [0.29, 0.717) is 26.2 Å². The molecule has 0 spiro atoms. The first-order valence-electron chi connectivity index (χ1n) is 8.84. The Bertz CT molecular complexity index is 542. The molecule has 138 valence electrons. The largest absolute Gasteiger partial charge is 0.494 e. The summed E-state index contributed by atoms with van der Waals surface area (Å²) in [6, 6.07) is 9.45. The number of aliphatic carboxylic acids is 1. The maximum absolute atomic E-state index is 12.2. The lowest BCUT2D eigenvalue weighted by Crippen LogP contribution is -2.40. The maximum atomic E-state index is 12.2. The van der Waals surface area contributed by atoms with Gasteiger partial charge >= 0.3 is 5.97 Å². The third kappa shape index (κ3) is 6.38. The van der Waals surface area contributed by atoms with Crippen LogP contribution in [0.2, 0.25) is 0 Å². The van der Waals surface area contributed by atoms with E-state index in [1.807, 2.05) is 37.3 Å². The van der Waals surface area contributed by atoms with Crippen molar-refractivity contribution >= 4 is 11.9 Å². The van der Waals surface area contributed by atoms with Gasteiger partial charge in [0.15, 0.2) is 0 Å². The summed E-state index contributed by atoms with van der Waals surface area (Å²) in [4.78, 5) is 23.7. The molecule has 2 unspecified atom stereocenters. The number of amides is 1. The Hall–Kier alpha value is -2.08. The lowest BCUT2D eigenvalue weighted by atomic mass is 9.86. The number of hydrogen-bond donors (Lipinski definition) is 2. The van der Waals surface area contributed by atoms with E-state index in [1.165, 1.54) is 0 Å². The second-order valence-corrected chi connectivity index (χ2v) is 6.49. The fourth-order valence-electron chi connectivity index (χ4n) is 2.96. The Morgan fingerprint density at radius 1 is 1.28 bits per heavy atom. The molecule has 2 rings (SSSR count). The Morgan fingerprint density at radius 3 is 2.60 bits per heavy atom. The van der Waals surface area contributed by atoms with Crippen molar-refractivity contribution in [3.8, 4) is 5.75 Å². The fourth-order valence-corrected chi connectivity index (χ4v) is 2.96. The number of nitrogens with one attached hydrogen (secondary N) is 1. The van der Waals surface area contributed by atoms with Crippen LogP contribution in [0.4, 0.5) is 0 Å². The number of carboxylic acid groups (broad SMARTS) is 1. The second-order valence-electron chi connectivity index (χ2n) is 6.49. The number of para-hydroxylation sites is 1. The molecule has 0 aromatic heterocycles. The van der Waals surface area contributed by atoms with Gasteiger partial charge in [0.25, 0.3) is 0 Å². The highest BCUT2D eigenvalue weighted by molar-refractivity contribution is 5.79. The summed E-state index contributed by atoms with van der Waals surface area (Å²) in [7, 11) is 0. The van der Waals surface area contributed by atoms with Gasteiger partial charge in [0, 0.05) is 25.7 Å². The van der Waals surface area contributed by atoms with Gasteiger partial charge in [0.05, 0.1) is 12.5 Å². The first-order chi connectivity index (χ1) is 12.1. The van der Waals surface area contributed by atoms with Crippen LogP contribution in [0.1, 0.15) is 26.2 Å². The van der Waals surface area contributed by atoms with Crippen molar-refractivity contribution < 1.29 is 24.2 Å². The minimum atomic E-state index is -0.854. The zero-order valence-corrected chi connectivity index (χ0v) is 14.6. The molecule has 6 heteroatoms. The average molecular weight is 349 g/mol. The number of rotatable bonds is 9. The Kier molecular flexibility index (Phi) is 7.73. The van der Waals surface area contributed by atoms with Gasteiger partial charge in [-0.2, -0.15) is 0 Å². The van der Waals surface area contributed by atoms with Gasteiger partial charge in [-0.1, -0.05) is 25.1 Å². The van der Waals surface area contributed by atoms with Crippen molar-refractivity contribution in [3.63, 3.8) is 0 Å². The van der Waals surface area contributed by atoms with Crippen molar-refractivity contribution in [2.24, 2.45) is 17.8 Å². The van der Waals surface area contributed by atoms with Crippen molar-refractivity contribution in [2.75, 3.05) is 26.4 Å². The summed E-state index contributed by atoms with van der Waals surface area (Å²) < 4.78 is 10.9. The maximum Gasteiger partial charge on any atom is 0.308 e. The summed E-state index contributed by atoms with van der Waals surface area (Å²) in [6.45, 7) is 3.63. The Labute approximate surface area is 148 Å². The molecule has 1 aliphatic rings. The van der Waals surface area contributed by atoms with Crippen LogP contribution in [-0.4, -0.2) is 43.3 Å². The first-order valence-corrected chi connectivity index (χ1v) is 8.84. The summed E-state index contributed by atoms with van der Waals surface area (Å²) in [5.41, 5.74) is 0. The molecular formula is C19H27NO5. The summed E-state index contributed by atoms with van der Waals surface area (Å²) >= 11 is 0.